The Balaban J connectivity index is 1.10. The summed E-state index contributed by atoms with van der Waals surface area (Å²) in [7, 11) is 0. The first-order chi connectivity index (χ1) is 26.3. The molecule has 0 saturated carbocycles. The Hall–Kier alpha value is -6.75. The minimum Gasteiger partial charge on any atom is -0.309 e. The predicted octanol–water partition coefficient (Wildman–Crippen LogP) is 13.5. The van der Waals surface area contributed by atoms with Crippen molar-refractivity contribution in [3.05, 3.63) is 188 Å². The molecule has 0 spiro atoms. The van der Waals surface area contributed by atoms with Crippen LogP contribution in [0.3, 0.4) is 0 Å². The molecule has 0 unspecified atom stereocenters. The number of hydrogen-bond donors (Lipinski definition) is 0. The summed E-state index contributed by atoms with van der Waals surface area (Å²) in [6, 6.07) is 67.8. The molecule has 53 heavy (non-hydrogen) atoms. The molecule has 3 nitrogen and oxygen atoms in total. The summed E-state index contributed by atoms with van der Waals surface area (Å²) >= 11 is 1.84. The van der Waals surface area contributed by atoms with Crippen molar-refractivity contribution in [3.8, 4) is 44.3 Å². The highest BCUT2D eigenvalue weighted by Crippen LogP contribution is 2.40. The van der Waals surface area contributed by atoms with E-state index in [1.165, 1.54) is 69.8 Å². The number of benzene rings is 7. The zero-order chi connectivity index (χ0) is 34.9. The highest BCUT2D eigenvalue weighted by molar-refractivity contribution is 7.21. The predicted molar refractivity (Wildman–Crippen MR) is 225 cm³/mol. The van der Waals surface area contributed by atoms with Crippen LogP contribution in [-0.2, 0) is 0 Å². The number of pyridine rings is 1. The Labute approximate surface area is 310 Å². The highest BCUT2D eigenvalue weighted by Gasteiger charge is 2.18. The van der Waals surface area contributed by atoms with E-state index in [0.717, 1.165) is 28.2 Å². The monoisotopic (exact) mass is 693 g/mol. The van der Waals surface area contributed by atoms with E-state index in [0.29, 0.717) is 0 Å². The van der Waals surface area contributed by atoms with Gasteiger partial charge in [-0.1, -0.05) is 127 Å². The maximum atomic E-state index is 5.16. The van der Waals surface area contributed by atoms with Crippen LogP contribution in [0.25, 0.3) is 98.0 Å². The summed E-state index contributed by atoms with van der Waals surface area (Å²) in [4.78, 5) is 5.16. The van der Waals surface area contributed by atoms with E-state index < -0.39 is 0 Å². The first-order valence-electron chi connectivity index (χ1n) is 18.0. The van der Waals surface area contributed by atoms with Gasteiger partial charge in [0, 0.05) is 37.4 Å². The largest absolute Gasteiger partial charge is 0.309 e. The van der Waals surface area contributed by atoms with E-state index in [1.54, 1.807) is 0 Å². The second kappa shape index (κ2) is 11.9. The average Bonchev–Trinajstić information content (AvgIpc) is 3.91. The van der Waals surface area contributed by atoms with Crippen LogP contribution < -0.4 is 0 Å². The lowest BCUT2D eigenvalue weighted by atomic mass is 10.0. The van der Waals surface area contributed by atoms with Crippen LogP contribution in [0.2, 0.25) is 0 Å². The van der Waals surface area contributed by atoms with Crippen molar-refractivity contribution >= 4 is 65.0 Å². The van der Waals surface area contributed by atoms with E-state index in [9.17, 15) is 0 Å². The van der Waals surface area contributed by atoms with Crippen LogP contribution >= 0.6 is 11.3 Å². The van der Waals surface area contributed by atoms with E-state index >= 15 is 0 Å². The Kier molecular flexibility index (Phi) is 6.73. The molecule has 0 atom stereocenters. The molecule has 248 valence electrons. The molecule has 7 aromatic carbocycles. The van der Waals surface area contributed by atoms with Crippen molar-refractivity contribution in [2.24, 2.45) is 0 Å². The normalized spacial score (nSPS) is 11.8. The maximum absolute atomic E-state index is 5.16. The second-order valence-electron chi connectivity index (χ2n) is 13.6. The number of para-hydroxylation sites is 2. The molecule has 0 aliphatic carbocycles. The Morgan fingerprint density at radius 1 is 0.358 bits per heavy atom. The third kappa shape index (κ3) is 4.84. The van der Waals surface area contributed by atoms with Crippen molar-refractivity contribution in [1.29, 1.82) is 0 Å². The SMILES string of the molecule is c1ccc(-c2cc(-n3c4ccccc4c4cc(-c5ccc6c(c5)c5ccccc5n6-c5cc6ccccc6s5)ccc43)cc(-c3ccccc3)n2)cc1. The first-order valence-corrected chi connectivity index (χ1v) is 18.8. The van der Waals surface area contributed by atoms with Crippen LogP contribution in [0.1, 0.15) is 0 Å². The molecule has 4 heteroatoms. The van der Waals surface area contributed by atoms with Gasteiger partial charge < -0.3 is 9.13 Å². The van der Waals surface area contributed by atoms with Crippen molar-refractivity contribution in [1.82, 2.24) is 14.1 Å². The fourth-order valence-electron chi connectivity index (χ4n) is 8.06. The van der Waals surface area contributed by atoms with Gasteiger partial charge in [0.25, 0.3) is 0 Å². The summed E-state index contributed by atoms with van der Waals surface area (Å²) in [5.74, 6) is 0. The van der Waals surface area contributed by atoms with Crippen LogP contribution in [0.5, 0.6) is 0 Å². The Morgan fingerprint density at radius 3 is 1.45 bits per heavy atom. The van der Waals surface area contributed by atoms with E-state index in [2.05, 4.69) is 197 Å². The molecule has 0 bridgehead atoms. The first kappa shape index (κ1) is 29.9. The molecule has 0 N–H and O–H groups in total. The summed E-state index contributed by atoms with van der Waals surface area (Å²) in [6.07, 6.45) is 0. The van der Waals surface area contributed by atoms with Gasteiger partial charge in [-0.05, 0) is 77.2 Å². The van der Waals surface area contributed by atoms with Gasteiger partial charge in [-0.3, -0.25) is 0 Å². The van der Waals surface area contributed by atoms with Crippen LogP contribution in [0, 0.1) is 0 Å². The van der Waals surface area contributed by atoms with Crippen LogP contribution in [-0.4, -0.2) is 14.1 Å². The van der Waals surface area contributed by atoms with Gasteiger partial charge >= 0.3 is 0 Å². The van der Waals surface area contributed by atoms with Gasteiger partial charge in [-0.15, -0.1) is 11.3 Å². The number of hydrogen-bond acceptors (Lipinski definition) is 2. The Morgan fingerprint density at radius 2 is 0.849 bits per heavy atom. The number of fused-ring (bicyclic) bond motifs is 7. The molecule has 0 aliphatic heterocycles. The molecule has 0 amide bonds. The van der Waals surface area contributed by atoms with Gasteiger partial charge in [0.2, 0.25) is 0 Å². The lowest BCUT2D eigenvalue weighted by Crippen LogP contribution is -1.98. The highest BCUT2D eigenvalue weighted by atomic mass is 32.1. The number of nitrogens with zero attached hydrogens (tertiary/aromatic N) is 3. The Bertz CT molecular complexity index is 3080. The quantitative estimate of drug-likeness (QED) is 0.176. The molecule has 11 rings (SSSR count). The summed E-state index contributed by atoms with van der Waals surface area (Å²) in [5.41, 5.74) is 12.4. The fourth-order valence-corrected chi connectivity index (χ4v) is 9.15. The molecule has 11 aromatic rings. The number of thiophene rings is 1. The van der Waals surface area contributed by atoms with E-state index in [1.807, 2.05) is 11.3 Å². The van der Waals surface area contributed by atoms with Gasteiger partial charge in [-0.25, -0.2) is 4.98 Å². The molecule has 0 aliphatic rings. The zero-order valence-electron chi connectivity index (χ0n) is 28.6. The summed E-state index contributed by atoms with van der Waals surface area (Å²) < 4.78 is 6.13. The van der Waals surface area contributed by atoms with Crippen molar-refractivity contribution in [2.75, 3.05) is 0 Å². The summed E-state index contributed by atoms with van der Waals surface area (Å²) in [6.45, 7) is 0. The lowest BCUT2D eigenvalue weighted by Gasteiger charge is -2.13. The minimum absolute atomic E-state index is 0.951. The third-order valence-electron chi connectivity index (χ3n) is 10.5. The molecule has 4 heterocycles. The lowest BCUT2D eigenvalue weighted by molar-refractivity contribution is 1.16. The molecule has 0 radical (unpaired) electrons. The molecular formula is C49H31N3S. The van der Waals surface area contributed by atoms with E-state index in [4.69, 9.17) is 4.98 Å². The van der Waals surface area contributed by atoms with E-state index in [-0.39, 0.29) is 0 Å². The zero-order valence-corrected chi connectivity index (χ0v) is 29.5. The van der Waals surface area contributed by atoms with Crippen molar-refractivity contribution in [2.45, 2.75) is 0 Å². The van der Waals surface area contributed by atoms with Crippen molar-refractivity contribution in [3.63, 3.8) is 0 Å². The molecule has 0 fully saturated rings. The summed E-state index contributed by atoms with van der Waals surface area (Å²) in [5, 5.41) is 7.50. The van der Waals surface area contributed by atoms with Crippen LogP contribution in [0.4, 0.5) is 0 Å². The average molecular weight is 694 g/mol. The minimum atomic E-state index is 0.951. The van der Waals surface area contributed by atoms with Crippen LogP contribution in [0.15, 0.2) is 188 Å². The maximum Gasteiger partial charge on any atom is 0.101 e. The molecular weight excluding hydrogens is 663 g/mol. The third-order valence-corrected chi connectivity index (χ3v) is 11.6. The smallest absolute Gasteiger partial charge is 0.101 e. The number of rotatable bonds is 5. The topological polar surface area (TPSA) is 22.8 Å². The molecule has 4 aromatic heterocycles. The van der Waals surface area contributed by atoms with Gasteiger partial charge in [0.15, 0.2) is 0 Å². The van der Waals surface area contributed by atoms with Gasteiger partial charge in [0.05, 0.1) is 39.1 Å². The van der Waals surface area contributed by atoms with Gasteiger partial charge in [-0.2, -0.15) is 0 Å². The fraction of sp³-hybridized carbons (Fsp3) is 0. The standard InChI is InChI=1S/C49H31N3S/c1-3-13-32(14-4-1)42-30-37(31-43(50-42)33-15-5-2-6-16-33)51-44-20-10-8-18-38(44)40-27-34(23-25-46(40)51)35-24-26-47-41(28-35)39-19-9-11-21-45(39)52(47)49-29-36-17-7-12-22-48(36)53-49/h1-31H. The molecule has 0 saturated heterocycles. The van der Waals surface area contributed by atoms with Gasteiger partial charge in [0.1, 0.15) is 5.00 Å². The number of aromatic nitrogens is 3. The van der Waals surface area contributed by atoms with Crippen molar-refractivity contribution < 1.29 is 0 Å². The second-order valence-corrected chi connectivity index (χ2v) is 14.7.